The molecule has 1 fully saturated rings. The summed E-state index contributed by atoms with van der Waals surface area (Å²) in [5.41, 5.74) is 0.705. The van der Waals surface area contributed by atoms with E-state index in [1.165, 1.54) is 18.2 Å². The number of rotatable bonds is 2. The van der Waals surface area contributed by atoms with E-state index in [1.807, 2.05) is 0 Å². The van der Waals surface area contributed by atoms with Crippen LogP contribution in [0.4, 0.5) is 5.69 Å². The van der Waals surface area contributed by atoms with Gasteiger partial charge in [0.2, 0.25) is 0 Å². The largest absolute Gasteiger partial charge is 0.371 e. The Morgan fingerprint density at radius 2 is 2.38 bits per heavy atom. The number of nitro groups is 1. The van der Waals surface area contributed by atoms with Crippen molar-refractivity contribution in [1.82, 2.24) is 5.32 Å². The lowest BCUT2D eigenvalue weighted by Crippen LogP contribution is -2.33. The third-order valence-corrected chi connectivity index (χ3v) is 2.81. The Kier molecular flexibility index (Phi) is 3.38. The van der Waals surface area contributed by atoms with E-state index in [9.17, 15) is 10.1 Å². The van der Waals surface area contributed by atoms with Crippen molar-refractivity contribution in [3.63, 3.8) is 0 Å². The summed E-state index contributed by atoms with van der Waals surface area (Å²) in [5.74, 6) is 0. The molecule has 1 heterocycles. The van der Waals surface area contributed by atoms with Gasteiger partial charge in [-0.1, -0.05) is 11.6 Å². The van der Waals surface area contributed by atoms with Crippen molar-refractivity contribution in [2.24, 2.45) is 0 Å². The van der Waals surface area contributed by atoms with Crippen molar-refractivity contribution in [2.75, 3.05) is 19.7 Å². The molecule has 6 heteroatoms. The maximum atomic E-state index is 10.7. The fraction of sp³-hybridized carbons (Fsp3) is 0.400. The van der Waals surface area contributed by atoms with E-state index in [1.54, 1.807) is 0 Å². The molecular formula is C10H11ClN2O3. The van der Waals surface area contributed by atoms with Gasteiger partial charge in [0, 0.05) is 35.8 Å². The summed E-state index contributed by atoms with van der Waals surface area (Å²) in [6, 6.07) is 4.40. The molecule has 1 atom stereocenters. The SMILES string of the molecule is O=[N+]([O-])c1ccc(Cl)c(C2CNCCO2)c1. The van der Waals surface area contributed by atoms with Crippen LogP contribution in [0.2, 0.25) is 5.02 Å². The van der Waals surface area contributed by atoms with Gasteiger partial charge in [0.25, 0.3) is 5.69 Å². The van der Waals surface area contributed by atoms with Crippen LogP contribution in [-0.2, 0) is 4.74 Å². The van der Waals surface area contributed by atoms with Crippen LogP contribution < -0.4 is 5.32 Å². The Labute approximate surface area is 97.5 Å². The third-order valence-electron chi connectivity index (χ3n) is 2.46. The van der Waals surface area contributed by atoms with Crippen LogP contribution >= 0.6 is 11.6 Å². The van der Waals surface area contributed by atoms with Gasteiger partial charge in [-0.05, 0) is 6.07 Å². The Morgan fingerprint density at radius 3 is 3.00 bits per heavy atom. The number of benzene rings is 1. The molecule has 0 radical (unpaired) electrons. The Bertz CT molecular complexity index is 405. The van der Waals surface area contributed by atoms with Crippen LogP contribution in [0.25, 0.3) is 0 Å². The van der Waals surface area contributed by atoms with Gasteiger partial charge in [-0.2, -0.15) is 0 Å². The molecule has 1 aromatic rings. The number of nitrogens with one attached hydrogen (secondary N) is 1. The van der Waals surface area contributed by atoms with Crippen molar-refractivity contribution >= 4 is 17.3 Å². The highest BCUT2D eigenvalue weighted by atomic mass is 35.5. The van der Waals surface area contributed by atoms with E-state index in [-0.39, 0.29) is 11.8 Å². The number of halogens is 1. The predicted molar refractivity (Wildman–Crippen MR) is 59.7 cm³/mol. The molecular weight excluding hydrogens is 232 g/mol. The average Bonchev–Trinajstić information content (AvgIpc) is 2.30. The smallest absolute Gasteiger partial charge is 0.269 e. The van der Waals surface area contributed by atoms with Crippen molar-refractivity contribution < 1.29 is 9.66 Å². The number of hydrogen-bond donors (Lipinski definition) is 1. The molecule has 1 unspecified atom stereocenters. The van der Waals surface area contributed by atoms with Crippen molar-refractivity contribution in [3.8, 4) is 0 Å². The molecule has 16 heavy (non-hydrogen) atoms. The zero-order chi connectivity index (χ0) is 11.5. The second-order valence-electron chi connectivity index (χ2n) is 3.53. The first-order valence-electron chi connectivity index (χ1n) is 4.94. The van der Waals surface area contributed by atoms with Gasteiger partial charge in [0.15, 0.2) is 0 Å². The number of morpholine rings is 1. The fourth-order valence-corrected chi connectivity index (χ4v) is 1.90. The van der Waals surface area contributed by atoms with Crippen LogP contribution in [0.15, 0.2) is 18.2 Å². The maximum absolute atomic E-state index is 10.7. The topological polar surface area (TPSA) is 64.4 Å². The van der Waals surface area contributed by atoms with Crippen molar-refractivity contribution in [2.45, 2.75) is 6.10 Å². The van der Waals surface area contributed by atoms with Crippen LogP contribution in [0.5, 0.6) is 0 Å². The zero-order valence-electron chi connectivity index (χ0n) is 8.48. The van der Waals surface area contributed by atoms with Crippen LogP contribution in [0, 0.1) is 10.1 Å². The minimum atomic E-state index is -0.434. The first kappa shape index (κ1) is 11.3. The molecule has 1 saturated heterocycles. The first-order valence-corrected chi connectivity index (χ1v) is 5.32. The molecule has 1 aliphatic rings. The average molecular weight is 243 g/mol. The lowest BCUT2D eigenvalue weighted by Gasteiger charge is -2.24. The highest BCUT2D eigenvalue weighted by Crippen LogP contribution is 2.29. The molecule has 1 N–H and O–H groups in total. The van der Waals surface area contributed by atoms with E-state index < -0.39 is 4.92 Å². The van der Waals surface area contributed by atoms with Gasteiger partial charge in [0.05, 0.1) is 17.6 Å². The van der Waals surface area contributed by atoms with Crippen molar-refractivity contribution in [3.05, 3.63) is 38.9 Å². The van der Waals surface area contributed by atoms with E-state index in [2.05, 4.69) is 5.32 Å². The molecule has 0 aromatic heterocycles. The van der Waals surface area contributed by atoms with E-state index >= 15 is 0 Å². The standard InChI is InChI=1S/C10H11ClN2O3/c11-9-2-1-7(13(14)15)5-8(9)10-6-12-3-4-16-10/h1-2,5,10,12H,3-4,6H2. The predicted octanol–water partition coefficient (Wildman–Crippen LogP) is 1.91. The molecule has 0 aliphatic carbocycles. The molecule has 0 amide bonds. The molecule has 0 spiro atoms. The van der Waals surface area contributed by atoms with Gasteiger partial charge in [0.1, 0.15) is 0 Å². The Hall–Kier alpha value is -1.17. The van der Waals surface area contributed by atoms with Crippen LogP contribution in [-0.4, -0.2) is 24.6 Å². The van der Waals surface area contributed by atoms with E-state index in [0.29, 0.717) is 23.7 Å². The Balaban J connectivity index is 2.30. The zero-order valence-corrected chi connectivity index (χ0v) is 9.24. The summed E-state index contributed by atoms with van der Waals surface area (Å²) in [7, 11) is 0. The normalized spacial score (nSPS) is 20.7. The second kappa shape index (κ2) is 4.78. The van der Waals surface area contributed by atoms with Gasteiger partial charge < -0.3 is 10.1 Å². The highest BCUT2D eigenvalue weighted by Gasteiger charge is 2.20. The van der Waals surface area contributed by atoms with Crippen LogP contribution in [0.1, 0.15) is 11.7 Å². The number of ether oxygens (including phenoxy) is 1. The lowest BCUT2D eigenvalue weighted by molar-refractivity contribution is -0.385. The number of non-ortho nitro benzene ring substituents is 1. The molecule has 2 rings (SSSR count). The van der Waals surface area contributed by atoms with Crippen molar-refractivity contribution in [1.29, 1.82) is 0 Å². The Morgan fingerprint density at radius 1 is 1.56 bits per heavy atom. The molecule has 86 valence electrons. The van der Waals surface area contributed by atoms with Gasteiger partial charge in [-0.15, -0.1) is 0 Å². The van der Waals surface area contributed by atoms with Gasteiger partial charge in [-0.3, -0.25) is 10.1 Å². The van der Waals surface area contributed by atoms with E-state index in [0.717, 1.165) is 6.54 Å². The van der Waals surface area contributed by atoms with Gasteiger partial charge >= 0.3 is 0 Å². The summed E-state index contributed by atoms with van der Waals surface area (Å²) in [5, 5.41) is 14.3. The summed E-state index contributed by atoms with van der Waals surface area (Å²) >= 11 is 6.00. The second-order valence-corrected chi connectivity index (χ2v) is 3.93. The maximum Gasteiger partial charge on any atom is 0.269 e. The first-order chi connectivity index (χ1) is 7.68. The van der Waals surface area contributed by atoms with E-state index in [4.69, 9.17) is 16.3 Å². The number of hydrogen-bond acceptors (Lipinski definition) is 4. The fourth-order valence-electron chi connectivity index (χ4n) is 1.66. The molecule has 1 aromatic carbocycles. The molecule has 0 saturated carbocycles. The molecule has 1 aliphatic heterocycles. The summed E-state index contributed by atoms with van der Waals surface area (Å²) in [6.45, 7) is 2.01. The third kappa shape index (κ3) is 2.32. The summed E-state index contributed by atoms with van der Waals surface area (Å²) in [4.78, 5) is 10.2. The van der Waals surface area contributed by atoms with Crippen LogP contribution in [0.3, 0.4) is 0 Å². The lowest BCUT2D eigenvalue weighted by atomic mass is 10.1. The number of nitrogens with zero attached hydrogens (tertiary/aromatic N) is 1. The summed E-state index contributed by atoms with van der Waals surface area (Å²) < 4.78 is 5.51. The molecule has 0 bridgehead atoms. The quantitative estimate of drug-likeness (QED) is 0.636. The monoisotopic (exact) mass is 242 g/mol. The number of nitro benzene ring substituents is 1. The minimum Gasteiger partial charge on any atom is -0.371 e. The minimum absolute atomic E-state index is 0.0357. The highest BCUT2D eigenvalue weighted by molar-refractivity contribution is 6.31. The van der Waals surface area contributed by atoms with Gasteiger partial charge in [-0.25, -0.2) is 0 Å². The summed E-state index contributed by atoms with van der Waals surface area (Å²) in [6.07, 6.45) is -0.207. The molecule has 5 nitrogen and oxygen atoms in total.